The summed E-state index contributed by atoms with van der Waals surface area (Å²) in [6, 6.07) is 43.3. The third-order valence-electron chi connectivity index (χ3n) is 9.15. The number of rotatable bonds is 4. The normalized spacial score (nSPS) is 11.1. The zero-order valence-corrected chi connectivity index (χ0v) is 29.1. The fraction of sp³-hybridized carbons (Fsp3) is 0.122. The molecule has 0 atom stereocenters. The van der Waals surface area contributed by atoms with Crippen LogP contribution in [0.1, 0.15) is 16.7 Å². The molecule has 238 valence electrons. The second kappa shape index (κ2) is 12.8. The average molecular weight is 669 g/mol. The minimum absolute atomic E-state index is 0. The van der Waals surface area contributed by atoms with E-state index in [-0.39, 0.29) is 24.8 Å². The van der Waals surface area contributed by atoms with Crippen molar-refractivity contribution in [3.63, 3.8) is 0 Å². The summed E-state index contributed by atoms with van der Waals surface area (Å²) in [5.74, 6) is 0. The van der Waals surface area contributed by atoms with Gasteiger partial charge in [0.05, 0.1) is 0 Å². The molecule has 6 aromatic carbocycles. The molecule has 5 nitrogen and oxygen atoms in total. The first-order chi connectivity index (χ1) is 22.4. The van der Waals surface area contributed by atoms with Crippen molar-refractivity contribution in [1.29, 1.82) is 0 Å². The van der Waals surface area contributed by atoms with Gasteiger partial charge in [-0.25, -0.2) is 9.97 Å². The zero-order chi connectivity index (χ0) is 31.5. The molecule has 0 aliphatic heterocycles. The number of nitrogens with zero attached hydrogens (tertiary/aromatic N) is 5. The third-order valence-corrected chi connectivity index (χ3v) is 9.15. The van der Waals surface area contributed by atoms with Crippen LogP contribution >= 0.6 is 0 Å². The summed E-state index contributed by atoms with van der Waals surface area (Å²) in [5, 5.41) is 0. The van der Waals surface area contributed by atoms with Gasteiger partial charge in [-0.1, -0.05) is 36.4 Å². The predicted molar refractivity (Wildman–Crippen MR) is 189 cm³/mol. The number of fused-ring (bicyclic) bond motifs is 4. The minimum Gasteiger partial charge on any atom is -1.00 e. The molecular formula is C41H35Cl2N5. The Kier molecular flexibility index (Phi) is 8.78. The Morgan fingerprint density at radius 1 is 0.458 bits per heavy atom. The Bertz CT molecular complexity index is 2480. The highest BCUT2D eigenvalue weighted by atomic mass is 35.5. The van der Waals surface area contributed by atoms with Crippen molar-refractivity contribution >= 4 is 49.8 Å². The molecule has 0 spiro atoms. The lowest BCUT2D eigenvalue weighted by Crippen LogP contribution is -3.00. The van der Waals surface area contributed by atoms with Crippen molar-refractivity contribution in [1.82, 2.24) is 9.97 Å². The van der Waals surface area contributed by atoms with E-state index in [1.54, 1.807) is 0 Å². The topological polar surface area (TPSA) is 36.8 Å². The molecule has 0 aliphatic carbocycles. The average Bonchev–Trinajstić information content (AvgIpc) is 3.07. The van der Waals surface area contributed by atoms with Gasteiger partial charge in [-0.05, 0) is 85.0 Å². The van der Waals surface area contributed by atoms with Crippen molar-refractivity contribution < 1.29 is 33.9 Å². The Morgan fingerprint density at radius 2 is 0.979 bits per heavy atom. The molecule has 0 bridgehead atoms. The van der Waals surface area contributed by atoms with Gasteiger partial charge in [-0.3, -0.25) is 0 Å². The van der Waals surface area contributed by atoms with Crippen molar-refractivity contribution in [2.75, 3.05) is 19.0 Å². The second-order valence-corrected chi connectivity index (χ2v) is 12.4. The highest BCUT2D eigenvalue weighted by Crippen LogP contribution is 2.31. The number of aromatic nitrogens is 4. The number of hydrogen-bond acceptors (Lipinski definition) is 3. The lowest BCUT2D eigenvalue weighted by atomic mass is 9.98. The molecule has 0 fully saturated rings. The zero-order valence-electron chi connectivity index (χ0n) is 27.5. The summed E-state index contributed by atoms with van der Waals surface area (Å²) in [5.41, 5.74) is 17.5. The molecule has 2 aromatic heterocycles. The maximum absolute atomic E-state index is 5.23. The van der Waals surface area contributed by atoms with E-state index in [0.29, 0.717) is 0 Å². The molecule has 0 aliphatic rings. The van der Waals surface area contributed by atoms with E-state index >= 15 is 0 Å². The largest absolute Gasteiger partial charge is 1.00 e. The Morgan fingerprint density at radius 3 is 1.62 bits per heavy atom. The van der Waals surface area contributed by atoms with E-state index in [9.17, 15) is 0 Å². The van der Waals surface area contributed by atoms with Crippen LogP contribution in [-0.2, 0) is 0 Å². The van der Waals surface area contributed by atoms with Crippen molar-refractivity contribution in [2.45, 2.75) is 20.8 Å². The van der Waals surface area contributed by atoms with Gasteiger partial charge in [-0.15, -0.1) is 9.13 Å². The van der Waals surface area contributed by atoms with E-state index in [2.05, 4.69) is 170 Å². The lowest BCUT2D eigenvalue weighted by molar-refractivity contribution is -0.538. The summed E-state index contributed by atoms with van der Waals surface area (Å²) >= 11 is 0. The first-order valence-corrected chi connectivity index (χ1v) is 15.7. The van der Waals surface area contributed by atoms with Crippen LogP contribution in [0.25, 0.3) is 66.6 Å². The minimum atomic E-state index is 0. The number of para-hydroxylation sites is 2. The molecular weight excluding hydrogens is 633 g/mol. The van der Waals surface area contributed by atoms with Gasteiger partial charge in [-0.2, -0.15) is 0 Å². The Hall–Kier alpha value is -5.10. The molecule has 0 saturated carbocycles. The quantitative estimate of drug-likeness (QED) is 0.214. The molecule has 7 heteroatoms. The molecule has 0 radical (unpaired) electrons. The summed E-state index contributed by atoms with van der Waals surface area (Å²) in [6.45, 7) is 6.50. The number of hydrogen-bond donors (Lipinski definition) is 0. The van der Waals surface area contributed by atoms with Gasteiger partial charge in [0.1, 0.15) is 22.1 Å². The van der Waals surface area contributed by atoms with Crippen LogP contribution in [0.2, 0.25) is 0 Å². The number of benzene rings is 6. The SMILES string of the molecule is Cc1cc2nc3cc(-c4cc5c(cc4C)nc4ccc(N(C)C)cc4[n+]5-c4ccccc4)ccc3[n+](-c3ccccc3)c2cc1C.[Cl-].[Cl-]. The van der Waals surface area contributed by atoms with Crippen LogP contribution in [0.15, 0.2) is 121 Å². The van der Waals surface area contributed by atoms with Gasteiger partial charge >= 0.3 is 0 Å². The third kappa shape index (κ3) is 5.49. The fourth-order valence-corrected chi connectivity index (χ4v) is 6.58. The van der Waals surface area contributed by atoms with Gasteiger partial charge in [0.15, 0.2) is 0 Å². The Labute approximate surface area is 293 Å². The summed E-state index contributed by atoms with van der Waals surface area (Å²) in [7, 11) is 4.15. The summed E-state index contributed by atoms with van der Waals surface area (Å²) in [6.07, 6.45) is 0. The maximum Gasteiger partial charge on any atom is 0.239 e. The van der Waals surface area contributed by atoms with Crippen LogP contribution < -0.4 is 38.8 Å². The molecule has 0 saturated heterocycles. The van der Waals surface area contributed by atoms with Crippen molar-refractivity contribution in [3.05, 3.63) is 138 Å². The molecule has 0 amide bonds. The maximum atomic E-state index is 5.23. The van der Waals surface area contributed by atoms with E-state index in [1.807, 2.05) is 0 Å². The number of anilines is 1. The summed E-state index contributed by atoms with van der Waals surface area (Å²) in [4.78, 5) is 12.5. The lowest BCUT2D eigenvalue weighted by Gasteiger charge is -2.14. The van der Waals surface area contributed by atoms with Gasteiger partial charge in [0.2, 0.25) is 33.4 Å². The first kappa shape index (κ1) is 32.8. The van der Waals surface area contributed by atoms with Crippen LogP contribution in [0.4, 0.5) is 5.69 Å². The molecule has 0 unspecified atom stereocenters. The predicted octanol–water partition coefficient (Wildman–Crippen LogP) is 2.31. The number of halogens is 2. The highest BCUT2D eigenvalue weighted by Gasteiger charge is 2.24. The molecule has 8 rings (SSSR count). The fourth-order valence-electron chi connectivity index (χ4n) is 6.58. The van der Waals surface area contributed by atoms with Crippen LogP contribution in [-0.4, -0.2) is 24.1 Å². The van der Waals surface area contributed by atoms with Crippen molar-refractivity contribution in [3.8, 4) is 22.5 Å². The second-order valence-electron chi connectivity index (χ2n) is 12.4. The summed E-state index contributed by atoms with van der Waals surface area (Å²) < 4.78 is 4.68. The molecule has 8 aromatic rings. The monoisotopic (exact) mass is 667 g/mol. The number of aryl methyl sites for hydroxylation is 3. The van der Waals surface area contributed by atoms with E-state index in [1.165, 1.54) is 16.7 Å². The highest BCUT2D eigenvalue weighted by molar-refractivity contribution is 5.91. The van der Waals surface area contributed by atoms with Crippen molar-refractivity contribution in [2.24, 2.45) is 0 Å². The Balaban J connectivity index is 0.00000201. The van der Waals surface area contributed by atoms with E-state index < -0.39 is 0 Å². The van der Waals surface area contributed by atoms with Crippen LogP contribution in [0, 0.1) is 20.8 Å². The van der Waals surface area contributed by atoms with Gasteiger partial charge in [0, 0.05) is 68.3 Å². The van der Waals surface area contributed by atoms with Gasteiger partial charge in [0.25, 0.3) is 0 Å². The standard InChI is InChI=1S/C41H35N5.2ClH/c1-26-20-35-39(22-27(26)2)45(30-12-8-6-9-13-30)38-19-16-29(23-37(38)43-35)33-25-41-36(21-28(33)3)42-34-18-17-32(44(4)5)24-40(34)46(41)31-14-10-7-11-15-31;;/h6-25H,1-5H3;2*1H/q+2;;/p-2. The molecule has 0 N–H and O–H groups in total. The molecule has 48 heavy (non-hydrogen) atoms. The van der Waals surface area contributed by atoms with Crippen LogP contribution in [0.3, 0.4) is 0 Å². The van der Waals surface area contributed by atoms with Crippen LogP contribution in [0.5, 0.6) is 0 Å². The smallest absolute Gasteiger partial charge is 0.239 e. The first-order valence-electron chi connectivity index (χ1n) is 15.7. The van der Waals surface area contributed by atoms with Gasteiger partial charge < -0.3 is 29.7 Å². The molecule has 2 heterocycles. The van der Waals surface area contributed by atoms with E-state index in [4.69, 9.17) is 9.97 Å². The van der Waals surface area contributed by atoms with E-state index in [0.717, 1.165) is 72.3 Å².